The number of carbonyl (C=O) groups is 1. The van der Waals surface area contributed by atoms with Gasteiger partial charge in [-0.05, 0) is 44.4 Å². The van der Waals surface area contributed by atoms with Crippen molar-refractivity contribution in [2.45, 2.75) is 27.2 Å². The van der Waals surface area contributed by atoms with Crippen molar-refractivity contribution < 1.29 is 9.53 Å². The molecule has 140 valence electrons. The molecule has 0 saturated heterocycles. The zero-order chi connectivity index (χ0) is 19.4. The summed E-state index contributed by atoms with van der Waals surface area (Å²) in [5.41, 5.74) is 6.58. The SMILES string of the molecule is COCCCNC(=O)c1c(C)c(-c2ccccc2)nc2c(C)cc(C)cc12. The fourth-order valence-corrected chi connectivity index (χ4v) is 3.49. The van der Waals surface area contributed by atoms with Gasteiger partial charge >= 0.3 is 0 Å². The van der Waals surface area contributed by atoms with Crippen LogP contribution in [0.3, 0.4) is 0 Å². The van der Waals surface area contributed by atoms with Crippen LogP contribution in [0.4, 0.5) is 0 Å². The molecule has 0 spiro atoms. The van der Waals surface area contributed by atoms with E-state index >= 15 is 0 Å². The molecule has 0 bridgehead atoms. The number of hydrogen-bond donors (Lipinski definition) is 1. The van der Waals surface area contributed by atoms with E-state index in [4.69, 9.17) is 9.72 Å². The van der Waals surface area contributed by atoms with Crippen LogP contribution < -0.4 is 5.32 Å². The average Bonchev–Trinajstić information content (AvgIpc) is 2.65. The number of aromatic nitrogens is 1. The van der Waals surface area contributed by atoms with Gasteiger partial charge in [-0.3, -0.25) is 4.79 Å². The van der Waals surface area contributed by atoms with Crippen LogP contribution in [-0.4, -0.2) is 31.2 Å². The summed E-state index contributed by atoms with van der Waals surface area (Å²) in [6.45, 7) is 7.29. The van der Waals surface area contributed by atoms with Gasteiger partial charge < -0.3 is 10.1 Å². The van der Waals surface area contributed by atoms with Gasteiger partial charge in [-0.2, -0.15) is 0 Å². The highest BCUT2D eigenvalue weighted by Crippen LogP contribution is 2.31. The van der Waals surface area contributed by atoms with Crippen LogP contribution in [0.5, 0.6) is 0 Å². The van der Waals surface area contributed by atoms with Gasteiger partial charge in [0.05, 0.1) is 16.8 Å². The van der Waals surface area contributed by atoms with Crippen LogP contribution in [0.15, 0.2) is 42.5 Å². The topological polar surface area (TPSA) is 51.2 Å². The molecule has 1 N–H and O–H groups in total. The summed E-state index contributed by atoms with van der Waals surface area (Å²) >= 11 is 0. The number of fused-ring (bicyclic) bond motifs is 1. The Balaban J connectivity index is 2.17. The number of hydrogen-bond acceptors (Lipinski definition) is 3. The third-order valence-electron chi connectivity index (χ3n) is 4.75. The first-order chi connectivity index (χ1) is 13.0. The zero-order valence-corrected chi connectivity index (χ0v) is 16.4. The van der Waals surface area contributed by atoms with Crippen molar-refractivity contribution in [3.8, 4) is 11.3 Å². The highest BCUT2D eigenvalue weighted by atomic mass is 16.5. The van der Waals surface area contributed by atoms with Crippen molar-refractivity contribution in [3.05, 3.63) is 64.7 Å². The molecule has 0 fully saturated rings. The highest BCUT2D eigenvalue weighted by Gasteiger charge is 2.19. The van der Waals surface area contributed by atoms with Crippen molar-refractivity contribution in [3.63, 3.8) is 0 Å². The summed E-state index contributed by atoms with van der Waals surface area (Å²) in [5, 5.41) is 3.95. The molecule has 1 amide bonds. The van der Waals surface area contributed by atoms with Crippen LogP contribution in [0.25, 0.3) is 22.2 Å². The number of methoxy groups -OCH3 is 1. The molecule has 27 heavy (non-hydrogen) atoms. The Labute approximate surface area is 160 Å². The molecule has 0 unspecified atom stereocenters. The van der Waals surface area contributed by atoms with Gasteiger partial charge in [0.15, 0.2) is 0 Å². The minimum absolute atomic E-state index is 0.0572. The second-order valence-electron chi connectivity index (χ2n) is 6.91. The molecule has 1 heterocycles. The third-order valence-corrected chi connectivity index (χ3v) is 4.75. The smallest absolute Gasteiger partial charge is 0.252 e. The summed E-state index contributed by atoms with van der Waals surface area (Å²) in [6, 6.07) is 14.2. The van der Waals surface area contributed by atoms with Crippen molar-refractivity contribution in [2.75, 3.05) is 20.3 Å². The number of benzene rings is 2. The second-order valence-corrected chi connectivity index (χ2v) is 6.91. The van der Waals surface area contributed by atoms with Gasteiger partial charge in [-0.15, -0.1) is 0 Å². The predicted octanol–water partition coefficient (Wildman–Crippen LogP) is 4.59. The lowest BCUT2D eigenvalue weighted by molar-refractivity contribution is 0.0949. The molecule has 4 heteroatoms. The van der Waals surface area contributed by atoms with Crippen LogP contribution >= 0.6 is 0 Å². The second kappa shape index (κ2) is 8.31. The number of amides is 1. The van der Waals surface area contributed by atoms with Gasteiger partial charge in [0, 0.05) is 31.2 Å². The van der Waals surface area contributed by atoms with Gasteiger partial charge in [0.1, 0.15) is 0 Å². The maximum atomic E-state index is 13.1. The first kappa shape index (κ1) is 19.1. The maximum Gasteiger partial charge on any atom is 0.252 e. The zero-order valence-electron chi connectivity index (χ0n) is 16.4. The van der Waals surface area contributed by atoms with E-state index in [0.29, 0.717) is 18.7 Å². The standard InChI is InChI=1S/C23H26N2O2/c1-15-13-16(2)21-19(14-15)20(23(26)24-11-8-12-27-4)17(3)22(25-21)18-9-6-5-7-10-18/h5-7,9-10,13-14H,8,11-12H2,1-4H3,(H,24,26). The van der Waals surface area contributed by atoms with Crippen LogP contribution in [0, 0.1) is 20.8 Å². The Bertz CT molecular complexity index is 965. The molecule has 0 atom stereocenters. The van der Waals surface area contributed by atoms with E-state index in [9.17, 15) is 4.79 Å². The highest BCUT2D eigenvalue weighted by molar-refractivity contribution is 6.09. The summed E-state index contributed by atoms with van der Waals surface area (Å²) in [6.07, 6.45) is 0.786. The van der Waals surface area contributed by atoms with E-state index in [2.05, 4.69) is 17.4 Å². The number of rotatable bonds is 6. The molecule has 0 saturated carbocycles. The van der Waals surface area contributed by atoms with Gasteiger partial charge in [0.25, 0.3) is 5.91 Å². The monoisotopic (exact) mass is 362 g/mol. The molecule has 4 nitrogen and oxygen atoms in total. The largest absolute Gasteiger partial charge is 0.385 e. The normalized spacial score (nSPS) is 11.0. The summed E-state index contributed by atoms with van der Waals surface area (Å²) in [7, 11) is 1.67. The molecule has 0 aliphatic carbocycles. The van der Waals surface area contributed by atoms with Crippen molar-refractivity contribution in [1.82, 2.24) is 10.3 Å². The maximum absolute atomic E-state index is 13.1. The lowest BCUT2D eigenvalue weighted by Gasteiger charge is -2.16. The molecule has 3 aromatic rings. The number of nitrogens with zero attached hydrogens (tertiary/aromatic N) is 1. The molecular formula is C23H26N2O2. The first-order valence-corrected chi connectivity index (χ1v) is 9.27. The molecule has 3 rings (SSSR count). The quantitative estimate of drug-likeness (QED) is 0.652. The predicted molar refractivity (Wildman–Crippen MR) is 110 cm³/mol. The summed E-state index contributed by atoms with van der Waals surface area (Å²) in [5.74, 6) is -0.0572. The Hall–Kier alpha value is -2.72. The number of nitrogens with one attached hydrogen (secondary N) is 1. The average molecular weight is 362 g/mol. The van der Waals surface area contributed by atoms with Crippen molar-refractivity contribution in [1.29, 1.82) is 0 Å². The summed E-state index contributed by atoms with van der Waals surface area (Å²) < 4.78 is 5.07. The van der Waals surface area contributed by atoms with Gasteiger partial charge in [-0.1, -0.05) is 42.0 Å². The van der Waals surface area contributed by atoms with Crippen LogP contribution in [-0.2, 0) is 4.74 Å². The number of pyridine rings is 1. The van der Waals surface area contributed by atoms with Crippen LogP contribution in [0.2, 0.25) is 0 Å². The fourth-order valence-electron chi connectivity index (χ4n) is 3.49. The number of ether oxygens (including phenoxy) is 1. The lowest BCUT2D eigenvalue weighted by atomic mass is 9.94. The van der Waals surface area contributed by atoms with E-state index in [1.165, 1.54) is 0 Å². The van der Waals surface area contributed by atoms with Crippen molar-refractivity contribution >= 4 is 16.8 Å². The Morgan fingerprint density at radius 2 is 1.85 bits per heavy atom. The van der Waals surface area contributed by atoms with E-state index in [-0.39, 0.29) is 5.91 Å². The van der Waals surface area contributed by atoms with E-state index < -0.39 is 0 Å². The minimum atomic E-state index is -0.0572. The van der Waals surface area contributed by atoms with Gasteiger partial charge in [0.2, 0.25) is 0 Å². The van der Waals surface area contributed by atoms with Gasteiger partial charge in [-0.25, -0.2) is 4.98 Å². The molecule has 0 aliphatic rings. The third kappa shape index (κ3) is 4.01. The minimum Gasteiger partial charge on any atom is -0.385 e. The van der Waals surface area contributed by atoms with E-state index in [0.717, 1.165) is 45.3 Å². The molecule has 0 aliphatic heterocycles. The Morgan fingerprint density at radius 3 is 2.56 bits per heavy atom. The molecular weight excluding hydrogens is 336 g/mol. The molecule has 2 aromatic carbocycles. The lowest BCUT2D eigenvalue weighted by Crippen LogP contribution is -2.26. The Kier molecular flexibility index (Phi) is 5.87. The Morgan fingerprint density at radius 1 is 1.11 bits per heavy atom. The van der Waals surface area contributed by atoms with E-state index in [1.54, 1.807) is 7.11 Å². The molecule has 0 radical (unpaired) electrons. The van der Waals surface area contributed by atoms with E-state index in [1.807, 2.05) is 51.1 Å². The first-order valence-electron chi connectivity index (χ1n) is 9.27. The van der Waals surface area contributed by atoms with Crippen LogP contribution in [0.1, 0.15) is 33.5 Å². The fraction of sp³-hybridized carbons (Fsp3) is 0.304. The number of aryl methyl sites for hydroxylation is 2. The summed E-state index contributed by atoms with van der Waals surface area (Å²) in [4.78, 5) is 18.0. The molecule has 1 aromatic heterocycles. The number of carbonyl (C=O) groups excluding carboxylic acids is 1. The van der Waals surface area contributed by atoms with Crippen molar-refractivity contribution in [2.24, 2.45) is 0 Å².